The fourth-order valence-corrected chi connectivity index (χ4v) is 4.43. The first-order valence-corrected chi connectivity index (χ1v) is 15.3. The molecule has 0 aromatic heterocycles. The number of ether oxygens (including phenoxy) is 1. The van der Waals surface area contributed by atoms with Gasteiger partial charge in [-0.15, -0.1) is 0 Å². The van der Waals surface area contributed by atoms with E-state index in [1.54, 1.807) is 0 Å². The van der Waals surface area contributed by atoms with Crippen molar-refractivity contribution < 1.29 is 9.53 Å². The summed E-state index contributed by atoms with van der Waals surface area (Å²) in [5.41, 5.74) is 0. The first kappa shape index (κ1) is 33.4. The minimum atomic E-state index is -0.00931. The van der Waals surface area contributed by atoms with Crippen molar-refractivity contribution in [3.05, 3.63) is 0 Å². The lowest BCUT2D eigenvalue weighted by Crippen LogP contribution is -2.33. The van der Waals surface area contributed by atoms with E-state index in [-0.39, 0.29) is 5.97 Å². The molecule has 0 bridgehead atoms. The summed E-state index contributed by atoms with van der Waals surface area (Å²) in [6, 6.07) is 0. The van der Waals surface area contributed by atoms with Gasteiger partial charge in [-0.1, -0.05) is 105 Å². The zero-order valence-corrected chi connectivity index (χ0v) is 23.9. The van der Waals surface area contributed by atoms with E-state index < -0.39 is 0 Å². The highest BCUT2D eigenvalue weighted by Crippen LogP contribution is 2.11. The first-order chi connectivity index (χ1) is 16.7. The zero-order valence-electron chi connectivity index (χ0n) is 23.9. The Morgan fingerprint density at radius 1 is 0.471 bits per heavy atom. The van der Waals surface area contributed by atoms with Gasteiger partial charge in [0.2, 0.25) is 0 Å². The highest BCUT2D eigenvalue weighted by Gasteiger charge is 2.11. The predicted octanol–water partition coefficient (Wildman–Crippen LogP) is 8.24. The molecule has 0 saturated heterocycles. The molecule has 0 radical (unpaired) electrons. The molecule has 0 aliphatic heterocycles. The minimum Gasteiger partial charge on any atom is -0.466 e. The molecule has 0 saturated carbocycles. The largest absolute Gasteiger partial charge is 0.466 e. The van der Waals surface area contributed by atoms with Crippen LogP contribution in [0.1, 0.15) is 143 Å². The van der Waals surface area contributed by atoms with E-state index in [0.29, 0.717) is 13.0 Å². The molecule has 0 aliphatic carbocycles. The van der Waals surface area contributed by atoms with Crippen molar-refractivity contribution >= 4 is 5.97 Å². The fraction of sp³-hybridized carbons (Fsp3) is 0.967. The summed E-state index contributed by atoms with van der Waals surface area (Å²) in [6.45, 7) is 16.4. The Bertz CT molecular complexity index is 409. The highest BCUT2D eigenvalue weighted by molar-refractivity contribution is 5.69. The second kappa shape index (κ2) is 27.0. The van der Waals surface area contributed by atoms with E-state index in [0.717, 1.165) is 26.1 Å². The van der Waals surface area contributed by atoms with Gasteiger partial charge in [0.05, 0.1) is 13.0 Å². The summed E-state index contributed by atoms with van der Waals surface area (Å²) in [5, 5.41) is 0. The average molecular weight is 483 g/mol. The Hall–Kier alpha value is -0.610. The van der Waals surface area contributed by atoms with Crippen LogP contribution in [-0.4, -0.2) is 61.6 Å². The quantitative estimate of drug-likeness (QED) is 0.0871. The molecule has 0 unspecified atom stereocenters. The molecule has 0 aromatic carbocycles. The lowest BCUT2D eigenvalue weighted by molar-refractivity contribution is -0.144. The van der Waals surface area contributed by atoms with Gasteiger partial charge < -0.3 is 14.5 Å². The topological polar surface area (TPSA) is 32.8 Å². The molecule has 4 nitrogen and oxygen atoms in total. The summed E-state index contributed by atoms with van der Waals surface area (Å²) in [7, 11) is 0. The van der Waals surface area contributed by atoms with E-state index in [9.17, 15) is 4.79 Å². The van der Waals surface area contributed by atoms with Crippen molar-refractivity contribution in [3.8, 4) is 0 Å². The Morgan fingerprint density at radius 2 is 0.853 bits per heavy atom. The van der Waals surface area contributed by atoms with Crippen LogP contribution in [0, 0.1) is 0 Å². The van der Waals surface area contributed by atoms with E-state index >= 15 is 0 Å². The Labute approximate surface area is 214 Å². The van der Waals surface area contributed by atoms with Crippen molar-refractivity contribution in [1.82, 2.24) is 9.80 Å². The molecular formula is C30H62N2O2. The van der Waals surface area contributed by atoms with Crippen molar-refractivity contribution in [2.45, 2.75) is 143 Å². The zero-order chi connectivity index (χ0) is 25.1. The lowest BCUT2D eigenvalue weighted by atomic mass is 10.1. The SMILES string of the molecule is CCCCCCCCCCCCOC(=O)CCN(CCCC)CCCN(CCCC)CCCC. The lowest BCUT2D eigenvalue weighted by Gasteiger charge is -2.25. The van der Waals surface area contributed by atoms with Gasteiger partial charge in [0.1, 0.15) is 0 Å². The molecule has 0 spiro atoms. The van der Waals surface area contributed by atoms with Gasteiger partial charge in [0, 0.05) is 6.54 Å². The Kier molecular flexibility index (Phi) is 26.5. The third kappa shape index (κ3) is 23.1. The number of esters is 1. The minimum absolute atomic E-state index is 0.00931. The molecule has 204 valence electrons. The molecule has 0 amide bonds. The highest BCUT2D eigenvalue weighted by atomic mass is 16.5. The molecule has 0 rings (SSSR count). The number of nitrogens with zero attached hydrogens (tertiary/aromatic N) is 2. The maximum absolute atomic E-state index is 12.2. The standard InChI is InChI=1S/C30H62N2O2/c1-5-9-13-14-15-16-17-18-19-20-29-34-30(33)22-28-32(25-12-8-4)27-21-26-31(23-10-6-2)24-11-7-3/h5-29H2,1-4H3. The average Bonchev–Trinajstić information content (AvgIpc) is 2.85. The molecule has 0 N–H and O–H groups in total. The molecule has 0 aromatic rings. The monoisotopic (exact) mass is 482 g/mol. The van der Waals surface area contributed by atoms with Crippen LogP contribution in [0.5, 0.6) is 0 Å². The van der Waals surface area contributed by atoms with Gasteiger partial charge >= 0.3 is 5.97 Å². The second-order valence-electron chi connectivity index (χ2n) is 10.2. The number of unbranched alkanes of at least 4 members (excludes halogenated alkanes) is 12. The summed E-state index contributed by atoms with van der Waals surface area (Å²) in [4.78, 5) is 17.4. The first-order valence-electron chi connectivity index (χ1n) is 15.3. The van der Waals surface area contributed by atoms with Crippen LogP contribution in [-0.2, 0) is 9.53 Å². The summed E-state index contributed by atoms with van der Waals surface area (Å²) in [5.74, 6) is -0.00931. The van der Waals surface area contributed by atoms with Crippen LogP contribution in [0.15, 0.2) is 0 Å². The second-order valence-corrected chi connectivity index (χ2v) is 10.2. The molecule has 0 heterocycles. The van der Waals surface area contributed by atoms with Crippen LogP contribution < -0.4 is 0 Å². The maximum atomic E-state index is 12.2. The number of hydrogen-bond acceptors (Lipinski definition) is 4. The van der Waals surface area contributed by atoms with Gasteiger partial charge in [0.15, 0.2) is 0 Å². The molecule has 0 atom stereocenters. The molecule has 0 fully saturated rings. The van der Waals surface area contributed by atoms with Gasteiger partial charge in [-0.2, -0.15) is 0 Å². The fourth-order valence-electron chi connectivity index (χ4n) is 4.43. The summed E-state index contributed by atoms with van der Waals surface area (Å²) >= 11 is 0. The van der Waals surface area contributed by atoms with Gasteiger partial charge in [-0.3, -0.25) is 4.79 Å². The van der Waals surface area contributed by atoms with Crippen molar-refractivity contribution in [3.63, 3.8) is 0 Å². The third-order valence-corrected chi connectivity index (χ3v) is 6.83. The molecule has 0 aliphatic rings. The van der Waals surface area contributed by atoms with Crippen molar-refractivity contribution in [1.29, 1.82) is 0 Å². The summed E-state index contributed by atoms with van der Waals surface area (Å²) in [6.07, 6.45) is 22.4. The smallest absolute Gasteiger partial charge is 0.307 e. The predicted molar refractivity (Wildman–Crippen MR) is 150 cm³/mol. The Balaban J connectivity index is 3.93. The third-order valence-electron chi connectivity index (χ3n) is 6.83. The van der Waals surface area contributed by atoms with Gasteiger partial charge in [-0.05, 0) is 64.8 Å². The van der Waals surface area contributed by atoms with E-state index in [1.807, 2.05) is 0 Å². The van der Waals surface area contributed by atoms with Crippen LogP contribution >= 0.6 is 0 Å². The number of rotatable bonds is 27. The van der Waals surface area contributed by atoms with Crippen molar-refractivity contribution in [2.24, 2.45) is 0 Å². The number of carbonyl (C=O) groups excluding carboxylic acids is 1. The number of hydrogen-bond donors (Lipinski definition) is 0. The van der Waals surface area contributed by atoms with Crippen LogP contribution in [0.3, 0.4) is 0 Å². The summed E-state index contributed by atoms with van der Waals surface area (Å²) < 4.78 is 5.53. The van der Waals surface area contributed by atoms with Crippen LogP contribution in [0.4, 0.5) is 0 Å². The van der Waals surface area contributed by atoms with E-state index in [1.165, 1.54) is 122 Å². The van der Waals surface area contributed by atoms with Gasteiger partial charge in [-0.25, -0.2) is 0 Å². The van der Waals surface area contributed by atoms with E-state index in [2.05, 4.69) is 37.5 Å². The van der Waals surface area contributed by atoms with Gasteiger partial charge in [0.25, 0.3) is 0 Å². The maximum Gasteiger partial charge on any atom is 0.307 e. The molecule has 34 heavy (non-hydrogen) atoms. The van der Waals surface area contributed by atoms with Crippen molar-refractivity contribution in [2.75, 3.05) is 45.9 Å². The Morgan fingerprint density at radius 3 is 1.32 bits per heavy atom. The van der Waals surface area contributed by atoms with Crippen LogP contribution in [0.25, 0.3) is 0 Å². The molecular weight excluding hydrogens is 420 g/mol. The number of carbonyl (C=O) groups is 1. The van der Waals surface area contributed by atoms with Crippen LogP contribution in [0.2, 0.25) is 0 Å². The molecule has 4 heteroatoms. The normalized spacial score (nSPS) is 11.6. The van der Waals surface area contributed by atoms with E-state index in [4.69, 9.17) is 4.74 Å².